The van der Waals surface area contributed by atoms with Gasteiger partial charge in [-0.25, -0.2) is 0 Å². The predicted molar refractivity (Wildman–Crippen MR) is 72.4 cm³/mol. The van der Waals surface area contributed by atoms with Crippen LogP contribution in [0.1, 0.15) is 25.5 Å². The molecule has 1 atom stereocenters. The van der Waals surface area contributed by atoms with Crippen LogP contribution in [0.3, 0.4) is 0 Å². The van der Waals surface area contributed by atoms with Crippen molar-refractivity contribution in [1.82, 2.24) is 5.32 Å². The maximum absolute atomic E-state index is 5.92. The highest BCUT2D eigenvalue weighted by Crippen LogP contribution is 2.31. The van der Waals surface area contributed by atoms with E-state index in [1.807, 2.05) is 39.1 Å². The summed E-state index contributed by atoms with van der Waals surface area (Å²) in [5.74, 6) is 1.62. The van der Waals surface area contributed by atoms with E-state index in [2.05, 4.69) is 5.32 Å². The first-order valence-corrected chi connectivity index (χ1v) is 6.14. The van der Waals surface area contributed by atoms with Gasteiger partial charge in [-0.1, -0.05) is 0 Å². The molecular formula is C14H23NO3. The van der Waals surface area contributed by atoms with Crippen LogP contribution >= 0.6 is 0 Å². The van der Waals surface area contributed by atoms with Crippen LogP contribution in [0.25, 0.3) is 0 Å². The smallest absolute Gasteiger partial charge is 0.124 e. The first-order chi connectivity index (χ1) is 8.62. The zero-order chi connectivity index (χ0) is 13.5. The molecule has 0 amide bonds. The number of hydrogen-bond acceptors (Lipinski definition) is 4. The lowest BCUT2D eigenvalue weighted by molar-refractivity contribution is 0.00684. The Kier molecular flexibility index (Phi) is 5.95. The summed E-state index contributed by atoms with van der Waals surface area (Å²) < 4.78 is 16.6. The SMILES string of the molecule is CNC[C@@H](OC(C)C)c1cc(OC)ccc1OC. The average molecular weight is 253 g/mol. The minimum Gasteiger partial charge on any atom is -0.497 e. The Hall–Kier alpha value is -1.26. The summed E-state index contributed by atoms with van der Waals surface area (Å²) in [5.41, 5.74) is 1.000. The van der Waals surface area contributed by atoms with E-state index in [4.69, 9.17) is 14.2 Å². The maximum Gasteiger partial charge on any atom is 0.124 e. The van der Waals surface area contributed by atoms with E-state index < -0.39 is 0 Å². The molecule has 0 aliphatic heterocycles. The summed E-state index contributed by atoms with van der Waals surface area (Å²) in [6.07, 6.45) is 0.0966. The van der Waals surface area contributed by atoms with Crippen LogP contribution in [-0.4, -0.2) is 33.9 Å². The lowest BCUT2D eigenvalue weighted by atomic mass is 10.1. The minimum absolute atomic E-state index is 0.0555. The molecule has 0 heterocycles. The summed E-state index contributed by atoms with van der Waals surface area (Å²) >= 11 is 0. The normalized spacial score (nSPS) is 12.6. The van der Waals surface area contributed by atoms with Crippen LogP contribution in [0.5, 0.6) is 11.5 Å². The molecule has 0 spiro atoms. The van der Waals surface area contributed by atoms with E-state index >= 15 is 0 Å². The molecule has 0 fully saturated rings. The summed E-state index contributed by atoms with van der Waals surface area (Å²) in [4.78, 5) is 0. The van der Waals surface area contributed by atoms with Crippen molar-refractivity contribution in [2.75, 3.05) is 27.8 Å². The number of nitrogens with one attached hydrogen (secondary N) is 1. The van der Waals surface area contributed by atoms with Crippen molar-refractivity contribution in [3.05, 3.63) is 23.8 Å². The predicted octanol–water partition coefficient (Wildman–Crippen LogP) is 2.39. The summed E-state index contributed by atoms with van der Waals surface area (Å²) in [7, 11) is 5.22. The van der Waals surface area contributed by atoms with Crippen molar-refractivity contribution in [2.45, 2.75) is 26.1 Å². The third kappa shape index (κ3) is 3.89. The number of likely N-dealkylation sites (N-methyl/N-ethyl adjacent to an activating group) is 1. The number of benzene rings is 1. The van der Waals surface area contributed by atoms with Gasteiger partial charge in [0, 0.05) is 12.1 Å². The van der Waals surface area contributed by atoms with Crippen molar-refractivity contribution < 1.29 is 14.2 Å². The summed E-state index contributed by atoms with van der Waals surface area (Å²) in [5, 5.41) is 3.14. The van der Waals surface area contributed by atoms with Gasteiger partial charge in [0.15, 0.2) is 0 Å². The number of rotatable bonds is 7. The van der Waals surface area contributed by atoms with Gasteiger partial charge < -0.3 is 19.5 Å². The Bertz CT molecular complexity index is 366. The van der Waals surface area contributed by atoms with E-state index in [1.54, 1.807) is 14.2 Å². The molecule has 0 saturated heterocycles. The molecule has 0 saturated carbocycles. The van der Waals surface area contributed by atoms with Gasteiger partial charge in [-0.15, -0.1) is 0 Å². The quantitative estimate of drug-likeness (QED) is 0.810. The van der Waals surface area contributed by atoms with Gasteiger partial charge >= 0.3 is 0 Å². The molecule has 0 bridgehead atoms. The van der Waals surface area contributed by atoms with Crippen molar-refractivity contribution >= 4 is 0 Å². The van der Waals surface area contributed by atoms with Crippen LogP contribution in [-0.2, 0) is 4.74 Å². The fraction of sp³-hybridized carbons (Fsp3) is 0.571. The standard InChI is InChI=1S/C14H23NO3/c1-10(2)18-14(9-15-3)12-8-11(16-4)6-7-13(12)17-5/h6-8,10,14-15H,9H2,1-5H3/t14-/m1/s1. The molecule has 0 aliphatic carbocycles. The molecule has 0 aliphatic rings. The third-order valence-electron chi connectivity index (χ3n) is 2.61. The second kappa shape index (κ2) is 7.24. The molecule has 1 aromatic rings. The van der Waals surface area contributed by atoms with E-state index in [1.165, 1.54) is 0 Å². The largest absolute Gasteiger partial charge is 0.497 e. The van der Waals surface area contributed by atoms with E-state index in [0.717, 1.165) is 23.6 Å². The highest BCUT2D eigenvalue weighted by molar-refractivity contribution is 5.42. The zero-order valence-corrected chi connectivity index (χ0v) is 11.8. The summed E-state index contributed by atoms with van der Waals surface area (Å²) in [6, 6.07) is 5.75. The van der Waals surface area contributed by atoms with Crippen molar-refractivity contribution in [2.24, 2.45) is 0 Å². The Morgan fingerprint density at radius 1 is 1.17 bits per heavy atom. The second-order valence-corrected chi connectivity index (χ2v) is 4.34. The molecular weight excluding hydrogens is 230 g/mol. The van der Waals surface area contributed by atoms with Crippen LogP contribution in [0.15, 0.2) is 18.2 Å². The molecule has 1 rings (SSSR count). The molecule has 0 aromatic heterocycles. The van der Waals surface area contributed by atoms with Gasteiger partial charge in [0.25, 0.3) is 0 Å². The van der Waals surface area contributed by atoms with Gasteiger partial charge in [-0.3, -0.25) is 0 Å². The van der Waals surface area contributed by atoms with E-state index in [9.17, 15) is 0 Å². The molecule has 1 N–H and O–H groups in total. The van der Waals surface area contributed by atoms with Gasteiger partial charge in [0.2, 0.25) is 0 Å². The van der Waals surface area contributed by atoms with Crippen LogP contribution < -0.4 is 14.8 Å². The Labute approximate surface area is 109 Å². The fourth-order valence-electron chi connectivity index (χ4n) is 1.84. The van der Waals surface area contributed by atoms with Gasteiger partial charge in [-0.2, -0.15) is 0 Å². The third-order valence-corrected chi connectivity index (χ3v) is 2.61. The second-order valence-electron chi connectivity index (χ2n) is 4.34. The highest BCUT2D eigenvalue weighted by Gasteiger charge is 2.18. The van der Waals surface area contributed by atoms with Gasteiger partial charge in [0.05, 0.1) is 26.4 Å². The van der Waals surface area contributed by atoms with Crippen molar-refractivity contribution in [3.63, 3.8) is 0 Å². The van der Waals surface area contributed by atoms with Crippen LogP contribution in [0, 0.1) is 0 Å². The zero-order valence-electron chi connectivity index (χ0n) is 11.8. The van der Waals surface area contributed by atoms with E-state index in [-0.39, 0.29) is 12.2 Å². The topological polar surface area (TPSA) is 39.7 Å². The van der Waals surface area contributed by atoms with Crippen LogP contribution in [0.4, 0.5) is 0 Å². The Morgan fingerprint density at radius 3 is 2.39 bits per heavy atom. The first kappa shape index (κ1) is 14.8. The molecule has 0 radical (unpaired) electrons. The summed E-state index contributed by atoms with van der Waals surface area (Å²) in [6.45, 7) is 4.77. The monoisotopic (exact) mass is 253 g/mol. The molecule has 1 aromatic carbocycles. The van der Waals surface area contributed by atoms with Gasteiger partial charge in [0.1, 0.15) is 11.5 Å². The molecule has 18 heavy (non-hydrogen) atoms. The van der Waals surface area contributed by atoms with Crippen molar-refractivity contribution in [1.29, 1.82) is 0 Å². The van der Waals surface area contributed by atoms with Crippen molar-refractivity contribution in [3.8, 4) is 11.5 Å². The van der Waals surface area contributed by atoms with E-state index in [0.29, 0.717) is 0 Å². The molecule has 4 nitrogen and oxygen atoms in total. The Morgan fingerprint density at radius 2 is 1.89 bits per heavy atom. The lowest BCUT2D eigenvalue weighted by Crippen LogP contribution is -2.22. The number of ether oxygens (including phenoxy) is 3. The molecule has 0 unspecified atom stereocenters. The molecule has 102 valence electrons. The number of methoxy groups -OCH3 is 2. The lowest BCUT2D eigenvalue weighted by Gasteiger charge is -2.23. The first-order valence-electron chi connectivity index (χ1n) is 6.14. The van der Waals surface area contributed by atoms with Crippen LogP contribution in [0.2, 0.25) is 0 Å². The minimum atomic E-state index is -0.0555. The molecule has 4 heteroatoms. The number of hydrogen-bond donors (Lipinski definition) is 1. The fourth-order valence-corrected chi connectivity index (χ4v) is 1.84. The highest BCUT2D eigenvalue weighted by atomic mass is 16.5. The Balaban J connectivity index is 3.06. The average Bonchev–Trinajstić information content (AvgIpc) is 2.37. The van der Waals surface area contributed by atoms with Gasteiger partial charge in [-0.05, 0) is 39.1 Å². The maximum atomic E-state index is 5.92.